The smallest absolute Gasteiger partial charge is 0.237 e. The standard InChI is InChI=1S/C24H47N2/c1-4-6-8-9-10-11-12-13-14-15-16-17-19-21-26-23-22-25(3)24(26)20-18-7-5-2/h22-23H,4-21H2,1-3H3/q+1. The van der Waals surface area contributed by atoms with Gasteiger partial charge >= 0.3 is 0 Å². The van der Waals surface area contributed by atoms with E-state index in [4.69, 9.17) is 0 Å². The molecule has 0 radical (unpaired) electrons. The number of imidazole rings is 1. The molecular formula is C24H47N2+. The van der Waals surface area contributed by atoms with Crippen LogP contribution in [0, 0.1) is 0 Å². The minimum atomic E-state index is 1.21. The van der Waals surface area contributed by atoms with Gasteiger partial charge in [-0.3, -0.25) is 0 Å². The Morgan fingerprint density at radius 1 is 0.654 bits per heavy atom. The van der Waals surface area contributed by atoms with E-state index in [0.717, 1.165) is 0 Å². The molecule has 26 heavy (non-hydrogen) atoms. The van der Waals surface area contributed by atoms with Crippen molar-refractivity contribution in [2.75, 3.05) is 0 Å². The van der Waals surface area contributed by atoms with E-state index >= 15 is 0 Å². The van der Waals surface area contributed by atoms with Gasteiger partial charge in [-0.1, -0.05) is 97.3 Å². The van der Waals surface area contributed by atoms with E-state index in [-0.39, 0.29) is 0 Å². The molecule has 0 aliphatic carbocycles. The lowest BCUT2D eigenvalue weighted by molar-refractivity contribution is -0.678. The average molecular weight is 364 g/mol. The molecule has 0 N–H and O–H groups in total. The van der Waals surface area contributed by atoms with E-state index in [1.165, 1.54) is 122 Å². The summed E-state index contributed by atoms with van der Waals surface area (Å²) in [6, 6.07) is 0. The van der Waals surface area contributed by atoms with Crippen LogP contribution in [0.2, 0.25) is 0 Å². The van der Waals surface area contributed by atoms with E-state index in [2.05, 4.69) is 42.4 Å². The van der Waals surface area contributed by atoms with Gasteiger partial charge in [-0.25, -0.2) is 9.13 Å². The van der Waals surface area contributed by atoms with Crippen molar-refractivity contribution in [1.29, 1.82) is 0 Å². The quantitative estimate of drug-likeness (QED) is 0.194. The average Bonchev–Trinajstić information content (AvgIpc) is 2.99. The van der Waals surface area contributed by atoms with E-state index in [9.17, 15) is 0 Å². The van der Waals surface area contributed by atoms with Crippen molar-refractivity contribution in [3.63, 3.8) is 0 Å². The Morgan fingerprint density at radius 3 is 1.65 bits per heavy atom. The maximum Gasteiger partial charge on any atom is 0.256 e. The van der Waals surface area contributed by atoms with Crippen molar-refractivity contribution in [2.45, 2.75) is 130 Å². The molecule has 0 atom stereocenters. The lowest BCUT2D eigenvalue weighted by atomic mass is 10.0. The summed E-state index contributed by atoms with van der Waals surface area (Å²) in [6.07, 6.45) is 28.4. The zero-order valence-corrected chi connectivity index (χ0v) is 18.3. The van der Waals surface area contributed by atoms with Gasteiger partial charge in [0.2, 0.25) is 0 Å². The Bertz CT molecular complexity index is 422. The Kier molecular flexibility index (Phi) is 14.7. The summed E-state index contributed by atoms with van der Waals surface area (Å²) in [5.74, 6) is 1.51. The molecule has 0 amide bonds. The monoisotopic (exact) mass is 363 g/mol. The molecule has 0 unspecified atom stereocenters. The second-order valence-electron chi connectivity index (χ2n) is 8.22. The summed E-state index contributed by atoms with van der Waals surface area (Å²) in [7, 11) is 2.20. The molecule has 1 aromatic heterocycles. The summed E-state index contributed by atoms with van der Waals surface area (Å²) < 4.78 is 4.81. The predicted octanol–water partition coefficient (Wildman–Crippen LogP) is 7.14. The second-order valence-corrected chi connectivity index (χ2v) is 8.22. The Balaban J connectivity index is 1.96. The number of aryl methyl sites for hydroxylation is 2. The summed E-state index contributed by atoms with van der Waals surface area (Å²) in [4.78, 5) is 0. The van der Waals surface area contributed by atoms with Crippen LogP contribution in [0.25, 0.3) is 0 Å². The highest BCUT2D eigenvalue weighted by molar-refractivity contribution is 4.84. The van der Waals surface area contributed by atoms with Crippen LogP contribution < -0.4 is 4.57 Å². The molecule has 1 heterocycles. The van der Waals surface area contributed by atoms with E-state index in [0.29, 0.717) is 0 Å². The van der Waals surface area contributed by atoms with E-state index < -0.39 is 0 Å². The number of nitrogens with zero attached hydrogens (tertiary/aromatic N) is 2. The summed E-state index contributed by atoms with van der Waals surface area (Å²) in [5, 5.41) is 0. The molecule has 0 aliphatic rings. The number of aromatic nitrogens is 2. The van der Waals surface area contributed by atoms with Crippen LogP contribution in [-0.4, -0.2) is 4.57 Å². The molecule has 0 saturated carbocycles. The lowest BCUT2D eigenvalue weighted by Gasteiger charge is -2.04. The van der Waals surface area contributed by atoms with Crippen LogP contribution in [-0.2, 0) is 20.0 Å². The third-order valence-corrected chi connectivity index (χ3v) is 5.72. The number of rotatable bonds is 18. The maximum absolute atomic E-state index is 2.49. The van der Waals surface area contributed by atoms with Crippen LogP contribution in [0.3, 0.4) is 0 Å². The van der Waals surface area contributed by atoms with Gasteiger partial charge in [0.1, 0.15) is 12.4 Å². The molecule has 1 rings (SSSR count). The highest BCUT2D eigenvalue weighted by Gasteiger charge is 2.13. The molecule has 0 fully saturated rings. The van der Waals surface area contributed by atoms with Crippen LogP contribution in [0.15, 0.2) is 12.4 Å². The lowest BCUT2D eigenvalue weighted by Crippen LogP contribution is -2.32. The summed E-state index contributed by atoms with van der Waals surface area (Å²) >= 11 is 0. The topological polar surface area (TPSA) is 8.81 Å². The van der Waals surface area contributed by atoms with Gasteiger partial charge in [-0.05, 0) is 19.3 Å². The first-order valence-corrected chi connectivity index (χ1v) is 11.8. The van der Waals surface area contributed by atoms with Crippen LogP contribution >= 0.6 is 0 Å². The van der Waals surface area contributed by atoms with Gasteiger partial charge in [0.05, 0.1) is 13.6 Å². The van der Waals surface area contributed by atoms with Crippen molar-refractivity contribution >= 4 is 0 Å². The van der Waals surface area contributed by atoms with Crippen molar-refractivity contribution < 1.29 is 4.57 Å². The van der Waals surface area contributed by atoms with Gasteiger partial charge in [-0.15, -0.1) is 0 Å². The molecule has 0 saturated heterocycles. The molecule has 152 valence electrons. The molecule has 0 aromatic carbocycles. The normalized spacial score (nSPS) is 11.3. The minimum Gasteiger partial charge on any atom is -0.237 e. The molecular weight excluding hydrogens is 316 g/mol. The highest BCUT2D eigenvalue weighted by Crippen LogP contribution is 2.13. The van der Waals surface area contributed by atoms with E-state index in [1.54, 1.807) is 0 Å². The first-order chi connectivity index (χ1) is 12.8. The Labute approximate surface area is 164 Å². The van der Waals surface area contributed by atoms with Crippen molar-refractivity contribution in [2.24, 2.45) is 7.05 Å². The van der Waals surface area contributed by atoms with Crippen LogP contribution in [0.1, 0.15) is 122 Å². The van der Waals surface area contributed by atoms with Gasteiger partial charge in [0, 0.05) is 6.42 Å². The molecule has 1 aromatic rings. The molecule has 0 bridgehead atoms. The fourth-order valence-corrected chi connectivity index (χ4v) is 3.91. The fourth-order valence-electron chi connectivity index (χ4n) is 3.91. The van der Waals surface area contributed by atoms with E-state index in [1.807, 2.05) is 0 Å². The van der Waals surface area contributed by atoms with Crippen molar-refractivity contribution in [3.8, 4) is 0 Å². The maximum atomic E-state index is 2.49. The number of unbranched alkanes of at least 4 members (excludes halogenated alkanes) is 14. The Morgan fingerprint density at radius 2 is 1.12 bits per heavy atom. The third-order valence-electron chi connectivity index (χ3n) is 5.72. The summed E-state index contributed by atoms with van der Waals surface area (Å²) in [6.45, 7) is 5.79. The highest BCUT2D eigenvalue weighted by atomic mass is 15.1. The zero-order valence-electron chi connectivity index (χ0n) is 18.3. The van der Waals surface area contributed by atoms with Crippen molar-refractivity contribution in [3.05, 3.63) is 18.2 Å². The summed E-state index contributed by atoms with van der Waals surface area (Å²) in [5.41, 5.74) is 0. The SMILES string of the molecule is CCCCCCCCCCCCCCCn1cc[n+](C)c1CCCCC. The molecule has 0 aliphatic heterocycles. The second kappa shape index (κ2) is 16.4. The molecule has 2 heteroatoms. The first kappa shape index (κ1) is 23.2. The van der Waals surface area contributed by atoms with Gasteiger partial charge in [0.25, 0.3) is 5.82 Å². The van der Waals surface area contributed by atoms with Crippen molar-refractivity contribution in [1.82, 2.24) is 4.57 Å². The van der Waals surface area contributed by atoms with Gasteiger partial charge in [-0.2, -0.15) is 0 Å². The van der Waals surface area contributed by atoms with Crippen LogP contribution in [0.4, 0.5) is 0 Å². The minimum absolute atomic E-state index is 1.21. The Hall–Kier alpha value is -0.790. The molecule has 0 spiro atoms. The first-order valence-electron chi connectivity index (χ1n) is 11.8. The number of hydrogen-bond donors (Lipinski definition) is 0. The third kappa shape index (κ3) is 11.0. The zero-order chi connectivity index (χ0) is 18.9. The predicted molar refractivity (Wildman–Crippen MR) is 115 cm³/mol. The number of hydrogen-bond acceptors (Lipinski definition) is 0. The largest absolute Gasteiger partial charge is 0.256 e. The van der Waals surface area contributed by atoms with Gasteiger partial charge in [0.15, 0.2) is 0 Å². The molecule has 2 nitrogen and oxygen atoms in total. The van der Waals surface area contributed by atoms with Crippen LogP contribution in [0.5, 0.6) is 0 Å². The fraction of sp³-hybridized carbons (Fsp3) is 0.875. The van der Waals surface area contributed by atoms with Gasteiger partial charge < -0.3 is 0 Å².